The van der Waals surface area contributed by atoms with Crippen LogP contribution in [0.5, 0.6) is 0 Å². The monoisotopic (exact) mass is 307 g/mol. The van der Waals surface area contributed by atoms with Crippen LogP contribution in [0.1, 0.15) is 46.5 Å². The summed E-state index contributed by atoms with van der Waals surface area (Å²) in [4.78, 5) is 18.7. The number of amides is 1. The second kappa shape index (κ2) is 6.48. The van der Waals surface area contributed by atoms with Crippen LogP contribution in [0.25, 0.3) is 0 Å². The van der Waals surface area contributed by atoms with Crippen LogP contribution in [-0.4, -0.2) is 72.5 Å². The van der Waals surface area contributed by atoms with Crippen LogP contribution in [0.15, 0.2) is 0 Å². The summed E-state index contributed by atoms with van der Waals surface area (Å²) in [6.07, 6.45) is 5.33. The van der Waals surface area contributed by atoms with Crippen LogP contribution in [-0.2, 0) is 4.79 Å². The van der Waals surface area contributed by atoms with E-state index in [1.807, 2.05) is 4.90 Å². The second-order valence-electron chi connectivity index (χ2n) is 8.25. The van der Waals surface area contributed by atoms with E-state index in [0.717, 1.165) is 19.0 Å². The summed E-state index contributed by atoms with van der Waals surface area (Å²) >= 11 is 0. The van der Waals surface area contributed by atoms with Crippen molar-refractivity contribution in [2.45, 2.75) is 52.5 Å². The number of carbonyl (C=O) groups is 1. The van der Waals surface area contributed by atoms with E-state index < -0.39 is 0 Å². The summed E-state index contributed by atoms with van der Waals surface area (Å²) in [5, 5.41) is 0. The number of hydrogen-bond donors (Lipinski definition) is 0. The maximum atomic E-state index is 11.4. The molecule has 3 rings (SSSR count). The van der Waals surface area contributed by atoms with Crippen molar-refractivity contribution in [1.29, 1.82) is 0 Å². The molecule has 0 N–H and O–H groups in total. The highest BCUT2D eigenvalue weighted by molar-refractivity contribution is 5.74. The Morgan fingerprint density at radius 1 is 1.09 bits per heavy atom. The van der Waals surface area contributed by atoms with Crippen LogP contribution < -0.4 is 0 Å². The summed E-state index contributed by atoms with van der Waals surface area (Å²) in [6.45, 7) is 14.7. The Morgan fingerprint density at radius 3 is 2.18 bits per heavy atom. The molecule has 0 radical (unpaired) electrons. The normalized spacial score (nSPS) is 27.4. The first-order valence-corrected chi connectivity index (χ1v) is 9.19. The lowest BCUT2D eigenvalue weighted by molar-refractivity contribution is -0.144. The lowest BCUT2D eigenvalue weighted by Gasteiger charge is -2.54. The third-order valence-electron chi connectivity index (χ3n) is 6.31. The molecule has 0 saturated carbocycles. The average Bonchev–Trinajstić information content (AvgIpc) is 2.46. The molecule has 3 aliphatic heterocycles. The van der Waals surface area contributed by atoms with Gasteiger partial charge in [0.05, 0.1) is 0 Å². The summed E-state index contributed by atoms with van der Waals surface area (Å²) < 4.78 is 0. The standard InChI is InChI=1S/C18H33N3O/c1-15(2)20-8-4-17(5-9-20)12-19-10-6-18(7-11-19)13-21(14-18)16(3)22/h15,17H,4-14H2,1-3H3. The van der Waals surface area contributed by atoms with Gasteiger partial charge in [-0.3, -0.25) is 4.79 Å². The van der Waals surface area contributed by atoms with Gasteiger partial charge in [0.1, 0.15) is 0 Å². The Morgan fingerprint density at radius 2 is 1.68 bits per heavy atom. The Balaban J connectivity index is 1.37. The zero-order valence-corrected chi connectivity index (χ0v) is 14.7. The van der Waals surface area contributed by atoms with E-state index in [2.05, 4.69) is 23.6 Å². The molecule has 3 aliphatic rings. The first kappa shape index (κ1) is 16.3. The molecule has 22 heavy (non-hydrogen) atoms. The highest BCUT2D eigenvalue weighted by Crippen LogP contribution is 2.40. The van der Waals surface area contributed by atoms with Gasteiger partial charge in [-0.25, -0.2) is 0 Å². The van der Waals surface area contributed by atoms with Crippen molar-refractivity contribution < 1.29 is 4.79 Å². The van der Waals surface area contributed by atoms with Gasteiger partial charge in [0.2, 0.25) is 5.91 Å². The van der Waals surface area contributed by atoms with E-state index in [4.69, 9.17) is 0 Å². The molecule has 0 unspecified atom stereocenters. The molecule has 3 saturated heterocycles. The molecule has 0 aliphatic carbocycles. The Hall–Kier alpha value is -0.610. The predicted molar refractivity (Wildman–Crippen MR) is 89.8 cm³/mol. The minimum Gasteiger partial charge on any atom is -0.342 e. The maximum Gasteiger partial charge on any atom is 0.219 e. The van der Waals surface area contributed by atoms with Crippen molar-refractivity contribution in [3.8, 4) is 0 Å². The minimum atomic E-state index is 0.255. The Bertz CT molecular complexity index is 385. The van der Waals surface area contributed by atoms with E-state index in [9.17, 15) is 4.79 Å². The molecule has 126 valence electrons. The molecule has 0 aromatic heterocycles. The molecule has 0 bridgehead atoms. The van der Waals surface area contributed by atoms with Gasteiger partial charge in [0.15, 0.2) is 0 Å². The molecule has 0 aromatic carbocycles. The molecular weight excluding hydrogens is 274 g/mol. The largest absolute Gasteiger partial charge is 0.342 e. The number of nitrogens with zero attached hydrogens (tertiary/aromatic N) is 3. The Labute approximate surface area is 135 Å². The van der Waals surface area contributed by atoms with Gasteiger partial charge in [-0.1, -0.05) is 0 Å². The lowest BCUT2D eigenvalue weighted by Crippen LogP contribution is -2.61. The van der Waals surface area contributed by atoms with E-state index in [1.165, 1.54) is 58.4 Å². The van der Waals surface area contributed by atoms with Gasteiger partial charge in [0, 0.05) is 38.0 Å². The maximum absolute atomic E-state index is 11.4. The Kier molecular flexibility index (Phi) is 4.79. The van der Waals surface area contributed by atoms with Crippen molar-refractivity contribution in [2.24, 2.45) is 11.3 Å². The molecule has 4 nitrogen and oxygen atoms in total. The van der Waals surface area contributed by atoms with E-state index in [1.54, 1.807) is 6.92 Å². The molecule has 1 amide bonds. The fourth-order valence-electron chi connectivity index (χ4n) is 4.53. The molecule has 1 spiro atoms. The van der Waals surface area contributed by atoms with Crippen molar-refractivity contribution in [1.82, 2.24) is 14.7 Å². The quantitative estimate of drug-likeness (QED) is 0.798. The second-order valence-corrected chi connectivity index (χ2v) is 8.25. The molecule has 0 aromatic rings. The van der Waals surface area contributed by atoms with Crippen molar-refractivity contribution in [3.63, 3.8) is 0 Å². The molecule has 0 atom stereocenters. The number of hydrogen-bond acceptors (Lipinski definition) is 3. The first-order chi connectivity index (χ1) is 10.5. The topological polar surface area (TPSA) is 26.8 Å². The number of rotatable bonds is 3. The van der Waals surface area contributed by atoms with Gasteiger partial charge in [-0.15, -0.1) is 0 Å². The van der Waals surface area contributed by atoms with Gasteiger partial charge < -0.3 is 14.7 Å². The van der Waals surface area contributed by atoms with Crippen molar-refractivity contribution >= 4 is 5.91 Å². The van der Waals surface area contributed by atoms with Crippen molar-refractivity contribution in [3.05, 3.63) is 0 Å². The van der Waals surface area contributed by atoms with Crippen LogP contribution in [0, 0.1) is 11.3 Å². The van der Waals surface area contributed by atoms with Crippen LogP contribution in [0.4, 0.5) is 0 Å². The molecule has 4 heteroatoms. The third kappa shape index (κ3) is 3.48. The van der Waals surface area contributed by atoms with E-state index in [0.29, 0.717) is 11.5 Å². The smallest absolute Gasteiger partial charge is 0.219 e. The third-order valence-corrected chi connectivity index (χ3v) is 6.31. The molecule has 3 fully saturated rings. The van der Waals surface area contributed by atoms with Crippen LogP contribution in [0.3, 0.4) is 0 Å². The van der Waals surface area contributed by atoms with Crippen LogP contribution in [0.2, 0.25) is 0 Å². The highest BCUT2D eigenvalue weighted by atomic mass is 16.2. The van der Waals surface area contributed by atoms with E-state index in [-0.39, 0.29) is 5.91 Å². The van der Waals surface area contributed by atoms with Gasteiger partial charge in [-0.2, -0.15) is 0 Å². The molecular formula is C18H33N3O. The number of likely N-dealkylation sites (tertiary alicyclic amines) is 3. The van der Waals surface area contributed by atoms with Crippen molar-refractivity contribution in [2.75, 3.05) is 45.8 Å². The summed E-state index contributed by atoms with van der Waals surface area (Å²) in [5.41, 5.74) is 0.475. The number of piperidine rings is 2. The van der Waals surface area contributed by atoms with Gasteiger partial charge in [0.25, 0.3) is 0 Å². The van der Waals surface area contributed by atoms with E-state index >= 15 is 0 Å². The fourth-order valence-corrected chi connectivity index (χ4v) is 4.53. The zero-order chi connectivity index (χ0) is 15.7. The summed E-state index contributed by atoms with van der Waals surface area (Å²) in [7, 11) is 0. The molecule has 3 heterocycles. The van der Waals surface area contributed by atoms with Gasteiger partial charge >= 0.3 is 0 Å². The summed E-state index contributed by atoms with van der Waals surface area (Å²) in [6, 6.07) is 0.707. The number of carbonyl (C=O) groups excluding carboxylic acids is 1. The van der Waals surface area contributed by atoms with Crippen LogP contribution >= 0.6 is 0 Å². The lowest BCUT2D eigenvalue weighted by atomic mass is 9.72. The fraction of sp³-hybridized carbons (Fsp3) is 0.944. The minimum absolute atomic E-state index is 0.255. The predicted octanol–water partition coefficient (Wildman–Crippen LogP) is 2.05. The average molecular weight is 307 g/mol. The summed E-state index contributed by atoms with van der Waals surface area (Å²) in [5.74, 6) is 1.16. The highest BCUT2D eigenvalue weighted by Gasteiger charge is 2.45. The first-order valence-electron chi connectivity index (χ1n) is 9.19. The van der Waals surface area contributed by atoms with Gasteiger partial charge in [-0.05, 0) is 71.6 Å². The SMILES string of the molecule is CC(=O)N1CC2(CCN(CC3CCN(C(C)C)CC3)CC2)C1. The zero-order valence-electron chi connectivity index (χ0n) is 14.7.